The highest BCUT2D eigenvalue weighted by Crippen LogP contribution is 2.18. The lowest BCUT2D eigenvalue weighted by atomic mass is 10.2. The number of nitrogens with one attached hydrogen (secondary N) is 1. The summed E-state index contributed by atoms with van der Waals surface area (Å²) in [6.07, 6.45) is 3.06. The van der Waals surface area contributed by atoms with Crippen molar-refractivity contribution in [3.63, 3.8) is 0 Å². The summed E-state index contributed by atoms with van der Waals surface area (Å²) in [4.78, 5) is 5.76. The van der Waals surface area contributed by atoms with Gasteiger partial charge in [0, 0.05) is 23.7 Å². The highest BCUT2D eigenvalue weighted by molar-refractivity contribution is 7.11. The molecule has 2 rings (SSSR count). The molecule has 1 N–H and O–H groups in total. The van der Waals surface area contributed by atoms with Crippen molar-refractivity contribution in [2.24, 2.45) is 0 Å². The first-order valence-electron chi connectivity index (χ1n) is 5.48. The van der Waals surface area contributed by atoms with Crippen LogP contribution in [0, 0.1) is 0 Å². The van der Waals surface area contributed by atoms with Crippen molar-refractivity contribution in [2.75, 3.05) is 0 Å². The fourth-order valence-electron chi connectivity index (χ4n) is 1.47. The molecule has 86 valence electrons. The summed E-state index contributed by atoms with van der Waals surface area (Å²) >= 11 is 3.55. The van der Waals surface area contributed by atoms with Gasteiger partial charge in [-0.3, -0.25) is 0 Å². The Balaban J connectivity index is 1.87. The van der Waals surface area contributed by atoms with Gasteiger partial charge in [0.1, 0.15) is 5.01 Å². The number of thiazole rings is 1. The van der Waals surface area contributed by atoms with Crippen LogP contribution in [0.3, 0.4) is 0 Å². The minimum absolute atomic E-state index is 0.403. The Morgan fingerprint density at radius 3 is 3.00 bits per heavy atom. The van der Waals surface area contributed by atoms with Gasteiger partial charge >= 0.3 is 0 Å². The van der Waals surface area contributed by atoms with Crippen molar-refractivity contribution < 1.29 is 0 Å². The number of hydrogen-bond donors (Lipinski definition) is 1. The van der Waals surface area contributed by atoms with Crippen LogP contribution in [0.15, 0.2) is 23.0 Å². The monoisotopic (exact) mass is 252 g/mol. The molecule has 0 aliphatic rings. The van der Waals surface area contributed by atoms with Gasteiger partial charge < -0.3 is 5.32 Å². The molecule has 2 aromatic heterocycles. The highest BCUT2D eigenvalue weighted by atomic mass is 32.1. The molecule has 0 aromatic carbocycles. The van der Waals surface area contributed by atoms with Gasteiger partial charge in [0.2, 0.25) is 0 Å². The van der Waals surface area contributed by atoms with Crippen LogP contribution in [-0.4, -0.2) is 4.98 Å². The first-order valence-corrected chi connectivity index (χ1v) is 7.24. The molecule has 0 spiro atoms. The first kappa shape index (κ1) is 11.8. The third kappa shape index (κ3) is 2.90. The Hall–Kier alpha value is -0.710. The van der Waals surface area contributed by atoms with Crippen LogP contribution in [0.2, 0.25) is 0 Å². The lowest BCUT2D eigenvalue weighted by Gasteiger charge is -2.10. The summed E-state index contributed by atoms with van der Waals surface area (Å²) in [6.45, 7) is 5.22. The summed E-state index contributed by atoms with van der Waals surface area (Å²) in [5.41, 5.74) is 1.36. The third-order valence-corrected chi connectivity index (χ3v) is 4.40. The highest BCUT2D eigenvalue weighted by Gasteiger charge is 2.06. The van der Waals surface area contributed by atoms with Crippen LogP contribution in [0.1, 0.15) is 35.3 Å². The summed E-state index contributed by atoms with van der Waals surface area (Å²) < 4.78 is 0. The molecule has 2 heterocycles. The first-order chi connectivity index (χ1) is 7.79. The maximum atomic E-state index is 4.40. The second-order valence-corrected chi connectivity index (χ2v) is 5.71. The third-order valence-electron chi connectivity index (χ3n) is 2.55. The van der Waals surface area contributed by atoms with Crippen molar-refractivity contribution in [1.29, 1.82) is 0 Å². The molecule has 1 atom stereocenters. The van der Waals surface area contributed by atoms with Gasteiger partial charge in [0.25, 0.3) is 0 Å². The molecular formula is C12H16N2S2. The Morgan fingerprint density at radius 1 is 1.50 bits per heavy atom. The van der Waals surface area contributed by atoms with Gasteiger partial charge in [-0.05, 0) is 35.7 Å². The van der Waals surface area contributed by atoms with Crippen molar-refractivity contribution in [3.05, 3.63) is 38.5 Å². The van der Waals surface area contributed by atoms with Gasteiger partial charge in [0.05, 0.1) is 0 Å². The van der Waals surface area contributed by atoms with E-state index in [-0.39, 0.29) is 0 Å². The zero-order valence-corrected chi connectivity index (χ0v) is 11.2. The molecule has 0 aliphatic heterocycles. The molecule has 16 heavy (non-hydrogen) atoms. The molecule has 1 unspecified atom stereocenters. The molecule has 0 aliphatic carbocycles. The fraction of sp³-hybridized carbons (Fsp3) is 0.417. The molecule has 0 saturated carbocycles. The van der Waals surface area contributed by atoms with E-state index in [9.17, 15) is 0 Å². The van der Waals surface area contributed by atoms with Crippen molar-refractivity contribution in [2.45, 2.75) is 32.9 Å². The molecule has 0 amide bonds. The lowest BCUT2D eigenvalue weighted by molar-refractivity contribution is 0.575. The number of hydrogen-bond acceptors (Lipinski definition) is 4. The number of rotatable bonds is 5. The van der Waals surface area contributed by atoms with E-state index < -0.39 is 0 Å². The predicted molar refractivity (Wildman–Crippen MR) is 71.1 cm³/mol. The topological polar surface area (TPSA) is 24.9 Å². The van der Waals surface area contributed by atoms with E-state index in [0.29, 0.717) is 6.04 Å². The second-order valence-electron chi connectivity index (χ2n) is 3.73. The Bertz CT molecular complexity index is 420. The van der Waals surface area contributed by atoms with E-state index in [1.54, 1.807) is 22.7 Å². The van der Waals surface area contributed by atoms with E-state index in [2.05, 4.69) is 41.0 Å². The van der Waals surface area contributed by atoms with Crippen LogP contribution in [-0.2, 0) is 13.0 Å². The minimum Gasteiger partial charge on any atom is -0.304 e. The normalized spacial score (nSPS) is 12.9. The van der Waals surface area contributed by atoms with E-state index in [4.69, 9.17) is 0 Å². The van der Waals surface area contributed by atoms with Crippen LogP contribution < -0.4 is 5.32 Å². The number of aryl methyl sites for hydroxylation is 1. The average Bonchev–Trinajstić information content (AvgIpc) is 2.96. The number of nitrogens with zero attached hydrogens (tertiary/aromatic N) is 1. The standard InChI is InChI=1S/C12H16N2S2/c1-3-11-6-14-12(16-11)7-13-9(2)10-4-5-15-8-10/h4-6,8-9,13H,3,7H2,1-2H3. The van der Waals surface area contributed by atoms with Gasteiger partial charge in [-0.2, -0.15) is 11.3 Å². The molecular weight excluding hydrogens is 236 g/mol. The number of thiophene rings is 1. The lowest BCUT2D eigenvalue weighted by Crippen LogP contribution is -2.17. The van der Waals surface area contributed by atoms with Crippen LogP contribution in [0.5, 0.6) is 0 Å². The quantitative estimate of drug-likeness (QED) is 0.879. The molecule has 2 aromatic rings. The Morgan fingerprint density at radius 2 is 2.38 bits per heavy atom. The summed E-state index contributed by atoms with van der Waals surface area (Å²) in [7, 11) is 0. The zero-order valence-electron chi connectivity index (χ0n) is 9.56. The summed E-state index contributed by atoms with van der Waals surface area (Å²) in [6, 6.07) is 2.57. The van der Waals surface area contributed by atoms with E-state index in [1.165, 1.54) is 15.4 Å². The molecule has 4 heteroatoms. The van der Waals surface area contributed by atoms with Crippen molar-refractivity contribution in [3.8, 4) is 0 Å². The zero-order chi connectivity index (χ0) is 11.4. The molecule has 0 radical (unpaired) electrons. The largest absolute Gasteiger partial charge is 0.304 e. The molecule has 2 nitrogen and oxygen atoms in total. The second kappa shape index (κ2) is 5.57. The van der Waals surface area contributed by atoms with E-state index in [0.717, 1.165) is 13.0 Å². The van der Waals surface area contributed by atoms with Gasteiger partial charge in [-0.1, -0.05) is 6.92 Å². The molecule has 0 bridgehead atoms. The summed E-state index contributed by atoms with van der Waals surface area (Å²) in [5.74, 6) is 0. The number of aromatic nitrogens is 1. The predicted octanol–water partition coefficient (Wildman–Crippen LogP) is 3.62. The average molecular weight is 252 g/mol. The maximum absolute atomic E-state index is 4.40. The summed E-state index contributed by atoms with van der Waals surface area (Å²) in [5, 5.41) is 8.98. The molecule has 0 fully saturated rings. The SMILES string of the molecule is CCc1cnc(CNC(C)c2ccsc2)s1. The van der Waals surface area contributed by atoms with Crippen LogP contribution in [0.4, 0.5) is 0 Å². The van der Waals surface area contributed by atoms with E-state index >= 15 is 0 Å². The van der Waals surface area contributed by atoms with Gasteiger partial charge in [-0.25, -0.2) is 4.98 Å². The van der Waals surface area contributed by atoms with Gasteiger partial charge in [-0.15, -0.1) is 11.3 Å². The van der Waals surface area contributed by atoms with Crippen molar-refractivity contribution >= 4 is 22.7 Å². The Kier molecular flexibility index (Phi) is 4.09. The van der Waals surface area contributed by atoms with Crippen LogP contribution >= 0.6 is 22.7 Å². The van der Waals surface area contributed by atoms with Crippen LogP contribution in [0.25, 0.3) is 0 Å². The fourth-order valence-corrected chi connectivity index (χ4v) is 3.04. The minimum atomic E-state index is 0.403. The Labute approximate surface area is 104 Å². The van der Waals surface area contributed by atoms with Gasteiger partial charge in [0.15, 0.2) is 0 Å². The van der Waals surface area contributed by atoms with Crippen molar-refractivity contribution in [1.82, 2.24) is 10.3 Å². The van der Waals surface area contributed by atoms with E-state index in [1.807, 2.05) is 6.20 Å². The maximum Gasteiger partial charge on any atom is 0.107 e. The molecule has 0 saturated heterocycles. The smallest absolute Gasteiger partial charge is 0.107 e.